The second-order valence-electron chi connectivity index (χ2n) is 4.78. The fourth-order valence-corrected chi connectivity index (χ4v) is 2.43. The van der Waals surface area contributed by atoms with Gasteiger partial charge in [0.1, 0.15) is 6.04 Å². The first kappa shape index (κ1) is 13.9. The van der Waals surface area contributed by atoms with Crippen LogP contribution in [0.2, 0.25) is 0 Å². The van der Waals surface area contributed by atoms with E-state index in [4.69, 9.17) is 0 Å². The summed E-state index contributed by atoms with van der Waals surface area (Å²) in [6.45, 7) is 3.32. The maximum atomic E-state index is 12.1. The van der Waals surface area contributed by atoms with Crippen molar-refractivity contribution < 1.29 is 9.59 Å². The van der Waals surface area contributed by atoms with Crippen molar-refractivity contribution in [2.45, 2.75) is 30.7 Å². The molecule has 1 atom stereocenters. The van der Waals surface area contributed by atoms with E-state index in [1.807, 2.05) is 0 Å². The third kappa shape index (κ3) is 3.50. The molecule has 0 bridgehead atoms. The Hall–Kier alpha value is -1.49. The van der Waals surface area contributed by atoms with E-state index in [-0.39, 0.29) is 11.8 Å². The van der Waals surface area contributed by atoms with Crippen LogP contribution in [-0.2, 0) is 4.79 Å². The van der Waals surface area contributed by atoms with E-state index in [9.17, 15) is 9.59 Å². The smallest absolute Gasteiger partial charge is 0.251 e. The molecule has 0 aromatic heterocycles. The lowest BCUT2D eigenvalue weighted by molar-refractivity contribution is -0.131. The summed E-state index contributed by atoms with van der Waals surface area (Å²) in [6, 6.07) is 6.48. The summed E-state index contributed by atoms with van der Waals surface area (Å²) >= 11 is 4.20. The average molecular weight is 278 g/mol. The molecule has 4 nitrogen and oxygen atoms in total. The molecule has 1 unspecified atom stereocenters. The number of carbonyl (C=O) groups is 2. The van der Waals surface area contributed by atoms with Crippen molar-refractivity contribution in [1.29, 1.82) is 0 Å². The monoisotopic (exact) mass is 278 g/mol. The van der Waals surface area contributed by atoms with Gasteiger partial charge >= 0.3 is 0 Å². The molecular formula is C14H18N2O2S. The number of carbonyl (C=O) groups excluding carboxylic acids is 2. The summed E-state index contributed by atoms with van der Waals surface area (Å²) in [4.78, 5) is 26.6. The number of nitrogens with zero attached hydrogens (tertiary/aromatic N) is 1. The van der Waals surface area contributed by atoms with Gasteiger partial charge in [-0.05, 0) is 38.0 Å². The topological polar surface area (TPSA) is 49.4 Å². The van der Waals surface area contributed by atoms with Gasteiger partial charge in [0.05, 0.1) is 0 Å². The van der Waals surface area contributed by atoms with Crippen molar-refractivity contribution in [2.24, 2.45) is 0 Å². The zero-order valence-electron chi connectivity index (χ0n) is 10.9. The first-order valence-electron chi connectivity index (χ1n) is 6.46. The van der Waals surface area contributed by atoms with E-state index in [0.29, 0.717) is 5.56 Å². The minimum atomic E-state index is -0.492. The highest BCUT2D eigenvalue weighted by Crippen LogP contribution is 2.11. The molecule has 2 rings (SSSR count). The van der Waals surface area contributed by atoms with E-state index in [0.717, 1.165) is 30.8 Å². The number of nitrogens with one attached hydrogen (secondary N) is 1. The molecule has 0 radical (unpaired) electrons. The van der Waals surface area contributed by atoms with Gasteiger partial charge in [-0.15, -0.1) is 12.6 Å². The summed E-state index contributed by atoms with van der Waals surface area (Å²) in [6.07, 6.45) is 2.10. The Balaban J connectivity index is 1.96. The molecule has 1 aliphatic heterocycles. The van der Waals surface area contributed by atoms with Crippen molar-refractivity contribution in [3.63, 3.8) is 0 Å². The van der Waals surface area contributed by atoms with Gasteiger partial charge in [0, 0.05) is 23.5 Å². The number of hydrogen-bond acceptors (Lipinski definition) is 3. The molecule has 0 aliphatic carbocycles. The standard InChI is InChI=1S/C14H18N2O2S/c1-10(14(18)16-7-2-3-8-16)15-13(17)11-5-4-6-12(19)9-11/h4-6,9-10,19H,2-3,7-8H2,1H3,(H,15,17). The lowest BCUT2D eigenvalue weighted by Crippen LogP contribution is -2.45. The van der Waals surface area contributed by atoms with Gasteiger partial charge in [-0.2, -0.15) is 0 Å². The van der Waals surface area contributed by atoms with Crippen LogP contribution >= 0.6 is 12.6 Å². The Labute approximate surface area is 118 Å². The van der Waals surface area contributed by atoms with Gasteiger partial charge in [0.25, 0.3) is 5.91 Å². The molecular weight excluding hydrogens is 260 g/mol. The quantitative estimate of drug-likeness (QED) is 0.827. The number of rotatable bonds is 3. The van der Waals surface area contributed by atoms with E-state index in [1.54, 1.807) is 36.1 Å². The van der Waals surface area contributed by atoms with Crippen molar-refractivity contribution in [2.75, 3.05) is 13.1 Å². The summed E-state index contributed by atoms with van der Waals surface area (Å²) in [7, 11) is 0. The zero-order chi connectivity index (χ0) is 13.8. The van der Waals surface area contributed by atoms with E-state index >= 15 is 0 Å². The summed E-state index contributed by atoms with van der Waals surface area (Å²) < 4.78 is 0. The van der Waals surface area contributed by atoms with Crippen molar-refractivity contribution in [3.05, 3.63) is 29.8 Å². The van der Waals surface area contributed by atoms with Gasteiger partial charge in [-0.3, -0.25) is 9.59 Å². The normalized spacial score (nSPS) is 16.2. The lowest BCUT2D eigenvalue weighted by Gasteiger charge is -2.21. The summed E-state index contributed by atoms with van der Waals surface area (Å²) in [5.74, 6) is -0.246. The van der Waals surface area contributed by atoms with Crippen LogP contribution in [0.4, 0.5) is 0 Å². The fraction of sp³-hybridized carbons (Fsp3) is 0.429. The van der Waals surface area contributed by atoms with E-state index in [1.165, 1.54) is 0 Å². The second-order valence-corrected chi connectivity index (χ2v) is 5.29. The first-order valence-corrected chi connectivity index (χ1v) is 6.91. The molecule has 1 aromatic carbocycles. The Kier molecular flexibility index (Phi) is 4.47. The fourth-order valence-electron chi connectivity index (χ4n) is 2.20. The number of benzene rings is 1. The largest absolute Gasteiger partial charge is 0.341 e. The molecule has 5 heteroatoms. The minimum absolute atomic E-state index is 0.00659. The van der Waals surface area contributed by atoms with Crippen LogP contribution in [0.1, 0.15) is 30.1 Å². The van der Waals surface area contributed by atoms with E-state index < -0.39 is 6.04 Å². The molecule has 0 spiro atoms. The predicted molar refractivity (Wildman–Crippen MR) is 76.4 cm³/mol. The van der Waals surface area contributed by atoms with Crippen LogP contribution in [0.5, 0.6) is 0 Å². The molecule has 1 saturated heterocycles. The molecule has 102 valence electrons. The Morgan fingerprint density at radius 1 is 1.32 bits per heavy atom. The third-order valence-corrected chi connectivity index (χ3v) is 3.52. The van der Waals surface area contributed by atoms with Crippen LogP contribution in [-0.4, -0.2) is 35.8 Å². The van der Waals surface area contributed by atoms with Crippen LogP contribution in [0, 0.1) is 0 Å². The highest BCUT2D eigenvalue weighted by molar-refractivity contribution is 7.80. The average Bonchev–Trinajstić information content (AvgIpc) is 2.91. The Bertz CT molecular complexity index is 484. The van der Waals surface area contributed by atoms with Crippen LogP contribution < -0.4 is 5.32 Å². The molecule has 1 fully saturated rings. The highest BCUT2D eigenvalue weighted by Gasteiger charge is 2.24. The van der Waals surface area contributed by atoms with Gasteiger partial charge in [-0.1, -0.05) is 6.07 Å². The molecule has 1 aliphatic rings. The van der Waals surface area contributed by atoms with Gasteiger partial charge in [-0.25, -0.2) is 0 Å². The zero-order valence-corrected chi connectivity index (χ0v) is 11.8. The molecule has 1 N–H and O–H groups in total. The van der Waals surface area contributed by atoms with Crippen molar-refractivity contribution >= 4 is 24.4 Å². The Morgan fingerprint density at radius 3 is 2.63 bits per heavy atom. The van der Waals surface area contributed by atoms with Gasteiger partial charge < -0.3 is 10.2 Å². The van der Waals surface area contributed by atoms with Crippen LogP contribution in [0.25, 0.3) is 0 Å². The van der Waals surface area contributed by atoms with E-state index in [2.05, 4.69) is 17.9 Å². The molecule has 2 amide bonds. The minimum Gasteiger partial charge on any atom is -0.341 e. The summed E-state index contributed by atoms with van der Waals surface area (Å²) in [5.41, 5.74) is 0.522. The lowest BCUT2D eigenvalue weighted by atomic mass is 10.2. The number of thiol groups is 1. The highest BCUT2D eigenvalue weighted by atomic mass is 32.1. The SMILES string of the molecule is CC(NC(=O)c1cccc(S)c1)C(=O)N1CCCC1. The second kappa shape index (κ2) is 6.10. The maximum absolute atomic E-state index is 12.1. The number of hydrogen-bond donors (Lipinski definition) is 2. The molecule has 1 aromatic rings. The Morgan fingerprint density at radius 2 is 2.00 bits per heavy atom. The predicted octanol–water partition coefficient (Wildman–Crippen LogP) is 1.72. The van der Waals surface area contributed by atoms with Crippen LogP contribution in [0.3, 0.4) is 0 Å². The first-order chi connectivity index (χ1) is 9.08. The third-order valence-electron chi connectivity index (χ3n) is 3.24. The molecule has 1 heterocycles. The van der Waals surface area contributed by atoms with Crippen LogP contribution in [0.15, 0.2) is 29.2 Å². The number of likely N-dealkylation sites (tertiary alicyclic amines) is 1. The maximum Gasteiger partial charge on any atom is 0.251 e. The van der Waals surface area contributed by atoms with Gasteiger partial charge in [0.2, 0.25) is 5.91 Å². The van der Waals surface area contributed by atoms with Crippen molar-refractivity contribution in [1.82, 2.24) is 10.2 Å². The molecule has 19 heavy (non-hydrogen) atoms. The molecule has 0 saturated carbocycles. The van der Waals surface area contributed by atoms with Crippen molar-refractivity contribution in [3.8, 4) is 0 Å². The number of amides is 2. The summed E-state index contributed by atoms with van der Waals surface area (Å²) in [5, 5.41) is 2.74. The van der Waals surface area contributed by atoms with Gasteiger partial charge in [0.15, 0.2) is 0 Å².